The molecule has 0 spiro atoms. The molecule has 3 aliphatic rings. The van der Waals surface area contributed by atoms with Gasteiger partial charge in [0.25, 0.3) is 5.91 Å². The average Bonchev–Trinajstić information content (AvgIpc) is 3.44. The number of tetrazole rings is 1. The highest BCUT2D eigenvalue weighted by atomic mass is 16.5. The van der Waals surface area contributed by atoms with Crippen molar-refractivity contribution in [2.75, 3.05) is 33.4 Å². The zero-order valence-corrected chi connectivity index (χ0v) is 23.6. The van der Waals surface area contributed by atoms with Gasteiger partial charge in [-0.15, -0.1) is 5.10 Å². The zero-order chi connectivity index (χ0) is 29.1. The molecule has 0 saturated carbocycles. The minimum Gasteiger partial charge on any atom is -0.494 e. The Morgan fingerprint density at radius 1 is 1.12 bits per heavy atom. The summed E-state index contributed by atoms with van der Waals surface area (Å²) < 4.78 is 19.2. The Kier molecular flexibility index (Phi) is 7.72. The van der Waals surface area contributed by atoms with Gasteiger partial charge in [-0.1, -0.05) is 24.3 Å². The van der Waals surface area contributed by atoms with Crippen molar-refractivity contribution in [2.24, 2.45) is 0 Å². The molecule has 1 aromatic heterocycles. The van der Waals surface area contributed by atoms with E-state index in [4.69, 9.17) is 14.2 Å². The molecule has 3 aliphatic heterocycles. The number of aryl methyl sites for hydroxylation is 1. The molecule has 1 unspecified atom stereocenters. The van der Waals surface area contributed by atoms with E-state index >= 15 is 0 Å². The number of nitrogens with zero attached hydrogens (tertiary/aromatic N) is 5. The smallest absolute Gasteiger partial charge is 0.257 e. The van der Waals surface area contributed by atoms with Crippen molar-refractivity contribution in [1.29, 1.82) is 0 Å². The van der Waals surface area contributed by atoms with Crippen molar-refractivity contribution in [1.82, 2.24) is 30.4 Å². The molecule has 6 bridgehead atoms. The Balaban J connectivity index is 1.35. The number of rotatable bonds is 4. The number of nitrogens with one attached hydrogen (secondary N) is 1. The summed E-state index contributed by atoms with van der Waals surface area (Å²) in [4.78, 5) is 28.2. The van der Waals surface area contributed by atoms with Gasteiger partial charge in [0.15, 0.2) is 23.9 Å². The van der Waals surface area contributed by atoms with E-state index in [2.05, 4.69) is 20.8 Å². The van der Waals surface area contributed by atoms with Crippen molar-refractivity contribution >= 4 is 11.8 Å². The molecule has 4 heterocycles. The lowest BCUT2D eigenvalue weighted by Gasteiger charge is -2.38. The van der Waals surface area contributed by atoms with Gasteiger partial charge in [0.1, 0.15) is 5.75 Å². The van der Waals surface area contributed by atoms with Gasteiger partial charge in [-0.05, 0) is 88.8 Å². The zero-order valence-electron chi connectivity index (χ0n) is 23.6. The van der Waals surface area contributed by atoms with E-state index in [0.717, 1.165) is 27.9 Å². The fourth-order valence-corrected chi connectivity index (χ4v) is 5.49. The molecular weight excluding hydrogens is 536 g/mol. The number of ether oxygens (including phenoxy) is 3. The van der Waals surface area contributed by atoms with Crippen LogP contribution in [-0.2, 0) is 22.4 Å². The minimum absolute atomic E-state index is 0.00805. The van der Waals surface area contributed by atoms with Gasteiger partial charge in [0, 0.05) is 13.1 Å². The summed E-state index contributed by atoms with van der Waals surface area (Å²) in [5.41, 5.74) is 4.67. The number of hydrogen-bond donors (Lipinski definition) is 1. The van der Waals surface area contributed by atoms with E-state index in [1.807, 2.05) is 72.5 Å². The number of carbonyl (C=O) groups is 2. The van der Waals surface area contributed by atoms with Crippen molar-refractivity contribution in [3.8, 4) is 22.9 Å². The monoisotopic (exact) mass is 568 g/mol. The lowest BCUT2D eigenvalue weighted by Crippen LogP contribution is -2.41. The van der Waals surface area contributed by atoms with Crippen LogP contribution in [-0.4, -0.2) is 70.3 Å². The number of amides is 2. The molecule has 1 atom stereocenters. The predicted octanol–water partition coefficient (Wildman–Crippen LogP) is 2.97. The van der Waals surface area contributed by atoms with E-state index in [-0.39, 0.29) is 30.9 Å². The van der Waals surface area contributed by atoms with Gasteiger partial charge in [-0.2, -0.15) is 4.68 Å². The van der Waals surface area contributed by atoms with Gasteiger partial charge in [-0.3, -0.25) is 9.59 Å². The number of methoxy groups -OCH3 is 1. The number of aromatic nitrogens is 4. The first kappa shape index (κ1) is 27.3. The van der Waals surface area contributed by atoms with Gasteiger partial charge in [0.2, 0.25) is 5.91 Å². The molecule has 7 rings (SSSR count). The van der Waals surface area contributed by atoms with Crippen molar-refractivity contribution in [2.45, 2.75) is 32.2 Å². The van der Waals surface area contributed by atoms with Crippen LogP contribution in [0.25, 0.3) is 5.69 Å². The minimum atomic E-state index is -0.355. The van der Waals surface area contributed by atoms with Gasteiger partial charge >= 0.3 is 0 Å². The Morgan fingerprint density at radius 2 is 1.98 bits per heavy atom. The second-order valence-corrected chi connectivity index (χ2v) is 10.3. The summed E-state index contributed by atoms with van der Waals surface area (Å²) in [7, 11) is 1.57. The quantitative estimate of drug-likeness (QED) is 0.399. The first-order valence-electron chi connectivity index (χ1n) is 14.0. The van der Waals surface area contributed by atoms with Crippen LogP contribution >= 0.6 is 0 Å². The molecular formula is C31H32N6O5. The molecule has 0 fully saturated rings. The summed E-state index contributed by atoms with van der Waals surface area (Å²) in [5.74, 6) is 2.21. The maximum atomic E-state index is 13.9. The summed E-state index contributed by atoms with van der Waals surface area (Å²) in [6.45, 7) is 3.17. The van der Waals surface area contributed by atoms with Crippen LogP contribution in [0.15, 0.2) is 60.7 Å². The fraction of sp³-hybridized carbons (Fsp3) is 0.323. The van der Waals surface area contributed by atoms with E-state index in [1.165, 1.54) is 0 Å². The Bertz CT molecular complexity index is 1600. The van der Waals surface area contributed by atoms with Crippen LogP contribution in [0.2, 0.25) is 0 Å². The molecule has 4 aromatic rings. The maximum absolute atomic E-state index is 13.9. The molecule has 11 heteroatoms. The normalized spacial score (nSPS) is 16.8. The maximum Gasteiger partial charge on any atom is 0.257 e. The fourth-order valence-electron chi connectivity index (χ4n) is 5.49. The summed E-state index contributed by atoms with van der Waals surface area (Å²) in [6.07, 6.45) is 1.53. The molecule has 42 heavy (non-hydrogen) atoms. The standard InChI is InChI=1S/C31H32N6O5/c1-20-33-34-35-37(20)24-9-7-21(8-10-24)15-30(39)36-13-11-22-17-28-27(40-2)18-26(22)31(36)23-5-3-6-25(16-23)41-14-4-12-32-29(38)19-42-28/h3,5-10,16-18,31H,4,11-15,19H2,1-2H3,(H,32,38). The van der Waals surface area contributed by atoms with Gasteiger partial charge < -0.3 is 24.4 Å². The van der Waals surface area contributed by atoms with E-state index in [9.17, 15) is 9.59 Å². The lowest BCUT2D eigenvalue weighted by molar-refractivity contribution is -0.132. The van der Waals surface area contributed by atoms with Crippen LogP contribution in [0.1, 0.15) is 40.5 Å². The molecule has 1 N–H and O–H groups in total. The number of hydrogen-bond acceptors (Lipinski definition) is 8. The summed E-state index contributed by atoms with van der Waals surface area (Å²) >= 11 is 0. The van der Waals surface area contributed by atoms with E-state index in [1.54, 1.807) is 11.8 Å². The van der Waals surface area contributed by atoms with Crippen LogP contribution in [0.5, 0.6) is 17.2 Å². The van der Waals surface area contributed by atoms with Gasteiger partial charge in [-0.25, -0.2) is 0 Å². The number of carbonyl (C=O) groups excluding carboxylic acids is 2. The molecule has 0 aliphatic carbocycles. The van der Waals surface area contributed by atoms with Crippen LogP contribution in [0.4, 0.5) is 0 Å². The first-order chi connectivity index (χ1) is 20.5. The van der Waals surface area contributed by atoms with Crippen LogP contribution in [0, 0.1) is 6.92 Å². The molecule has 3 aromatic carbocycles. The first-order valence-corrected chi connectivity index (χ1v) is 14.0. The summed E-state index contributed by atoms with van der Waals surface area (Å²) in [5, 5.41) is 14.5. The van der Waals surface area contributed by atoms with Crippen LogP contribution in [0.3, 0.4) is 0 Å². The Labute approximate surface area is 243 Å². The van der Waals surface area contributed by atoms with Gasteiger partial charge in [0.05, 0.1) is 31.9 Å². The number of benzene rings is 3. The topological polar surface area (TPSA) is 121 Å². The molecule has 216 valence electrons. The highest BCUT2D eigenvalue weighted by Crippen LogP contribution is 2.42. The summed E-state index contributed by atoms with van der Waals surface area (Å²) in [6, 6.07) is 19.1. The molecule has 2 amide bonds. The van der Waals surface area contributed by atoms with Crippen molar-refractivity contribution < 1.29 is 23.8 Å². The number of fused-ring (bicyclic) bond motifs is 8. The van der Waals surface area contributed by atoms with E-state index < -0.39 is 0 Å². The van der Waals surface area contributed by atoms with Crippen LogP contribution < -0.4 is 19.5 Å². The van der Waals surface area contributed by atoms with Crippen molar-refractivity contribution in [3.63, 3.8) is 0 Å². The molecule has 0 radical (unpaired) electrons. The third kappa shape index (κ3) is 5.63. The SMILES string of the molecule is COc1cc2c3cc1OCC(=O)NCCCOc1cccc(c1)C2N(C(=O)Cc1ccc(-n2nnnc2C)cc1)CC3. The third-order valence-electron chi connectivity index (χ3n) is 7.58. The largest absolute Gasteiger partial charge is 0.494 e. The molecule has 11 nitrogen and oxygen atoms in total. The Morgan fingerprint density at radius 3 is 2.76 bits per heavy atom. The van der Waals surface area contributed by atoms with Crippen molar-refractivity contribution in [3.05, 3.63) is 88.7 Å². The highest BCUT2D eigenvalue weighted by molar-refractivity contribution is 5.80. The highest BCUT2D eigenvalue weighted by Gasteiger charge is 2.34. The average molecular weight is 569 g/mol. The Hall–Kier alpha value is -4.93. The lowest BCUT2D eigenvalue weighted by atomic mass is 9.87. The second-order valence-electron chi connectivity index (χ2n) is 10.3. The third-order valence-corrected chi connectivity index (χ3v) is 7.58. The second kappa shape index (κ2) is 11.9. The predicted molar refractivity (Wildman–Crippen MR) is 153 cm³/mol. The molecule has 0 saturated heterocycles. The van der Waals surface area contributed by atoms with E-state index in [0.29, 0.717) is 55.6 Å².